The van der Waals surface area contributed by atoms with Gasteiger partial charge in [0.1, 0.15) is 17.8 Å². The van der Waals surface area contributed by atoms with E-state index in [9.17, 15) is 9.90 Å². The standard InChI is InChI=1S/C16H14N2O3/c19-16(20)12-8-10-9-4-1-2-5-11(9)17-14(10)15(18-12)13-6-3-7-21-13/h1-7,12,15,17-18H,8H2,(H,19,20)/t12-,15-/m1/s1. The van der Waals surface area contributed by atoms with Crippen LogP contribution in [0.1, 0.15) is 23.1 Å². The van der Waals surface area contributed by atoms with Gasteiger partial charge >= 0.3 is 5.97 Å². The number of para-hydroxylation sites is 1. The van der Waals surface area contributed by atoms with Crippen LogP contribution in [0.3, 0.4) is 0 Å². The van der Waals surface area contributed by atoms with E-state index in [0.717, 1.165) is 22.2 Å². The van der Waals surface area contributed by atoms with E-state index in [4.69, 9.17) is 4.42 Å². The molecular weight excluding hydrogens is 268 g/mol. The van der Waals surface area contributed by atoms with Crippen molar-refractivity contribution < 1.29 is 14.3 Å². The molecule has 3 N–H and O–H groups in total. The lowest BCUT2D eigenvalue weighted by molar-refractivity contribution is -0.139. The van der Waals surface area contributed by atoms with Crippen molar-refractivity contribution in [2.45, 2.75) is 18.5 Å². The van der Waals surface area contributed by atoms with Gasteiger partial charge in [-0.1, -0.05) is 18.2 Å². The Labute approximate surface area is 120 Å². The van der Waals surface area contributed by atoms with Gasteiger partial charge in [-0.25, -0.2) is 0 Å². The van der Waals surface area contributed by atoms with Gasteiger partial charge in [0.05, 0.1) is 6.26 Å². The molecule has 106 valence electrons. The number of H-pyrrole nitrogens is 1. The topological polar surface area (TPSA) is 78.3 Å². The third kappa shape index (κ3) is 1.86. The molecule has 4 rings (SSSR count). The Hall–Kier alpha value is -2.53. The van der Waals surface area contributed by atoms with Crippen molar-refractivity contribution in [2.75, 3.05) is 0 Å². The number of aromatic amines is 1. The summed E-state index contributed by atoms with van der Waals surface area (Å²) >= 11 is 0. The summed E-state index contributed by atoms with van der Waals surface area (Å²) in [5.41, 5.74) is 3.06. The summed E-state index contributed by atoms with van der Waals surface area (Å²) in [4.78, 5) is 14.8. The van der Waals surface area contributed by atoms with Crippen molar-refractivity contribution in [1.82, 2.24) is 10.3 Å². The van der Waals surface area contributed by atoms with Crippen LogP contribution in [-0.2, 0) is 11.2 Å². The highest BCUT2D eigenvalue weighted by Crippen LogP contribution is 2.35. The number of hydrogen-bond donors (Lipinski definition) is 3. The number of aliphatic carboxylic acids is 1. The second-order valence-corrected chi connectivity index (χ2v) is 5.27. The van der Waals surface area contributed by atoms with Crippen LogP contribution in [0.15, 0.2) is 47.1 Å². The molecule has 1 aromatic carbocycles. The zero-order valence-corrected chi connectivity index (χ0v) is 11.2. The van der Waals surface area contributed by atoms with Crippen molar-refractivity contribution in [3.05, 3.63) is 59.7 Å². The quantitative estimate of drug-likeness (QED) is 0.674. The minimum Gasteiger partial charge on any atom is -0.480 e. The van der Waals surface area contributed by atoms with Gasteiger partial charge in [0.15, 0.2) is 0 Å². The third-order valence-electron chi connectivity index (χ3n) is 4.04. The molecule has 0 bridgehead atoms. The molecule has 1 aliphatic heterocycles. The molecular formula is C16H14N2O3. The minimum atomic E-state index is -0.845. The number of carbonyl (C=O) groups is 1. The number of furan rings is 1. The molecule has 5 nitrogen and oxygen atoms in total. The predicted octanol–water partition coefficient (Wildman–Crippen LogP) is 2.45. The van der Waals surface area contributed by atoms with E-state index >= 15 is 0 Å². The Kier molecular flexibility index (Phi) is 2.62. The number of carboxylic acids is 1. The van der Waals surface area contributed by atoms with Gasteiger partial charge in [-0.3, -0.25) is 10.1 Å². The third-order valence-corrected chi connectivity index (χ3v) is 4.04. The van der Waals surface area contributed by atoms with Gasteiger partial charge in [0.25, 0.3) is 0 Å². The summed E-state index contributed by atoms with van der Waals surface area (Å²) < 4.78 is 5.48. The summed E-state index contributed by atoms with van der Waals surface area (Å²) in [5, 5.41) is 13.6. The van der Waals surface area contributed by atoms with E-state index in [1.54, 1.807) is 6.26 Å². The SMILES string of the molecule is O=C(O)[C@H]1Cc2c([nH]c3ccccc23)[C@@H](c2ccco2)N1. The highest BCUT2D eigenvalue weighted by molar-refractivity contribution is 5.87. The fourth-order valence-corrected chi connectivity index (χ4v) is 3.07. The second kappa shape index (κ2) is 4.49. The molecule has 0 saturated heterocycles. The lowest BCUT2D eigenvalue weighted by Gasteiger charge is -2.27. The number of carboxylic acid groups (broad SMARTS) is 1. The van der Waals surface area contributed by atoms with Gasteiger partial charge in [-0.2, -0.15) is 0 Å². The molecule has 5 heteroatoms. The first kappa shape index (κ1) is 12.2. The van der Waals surface area contributed by atoms with Gasteiger partial charge in [-0.15, -0.1) is 0 Å². The molecule has 2 aromatic heterocycles. The number of hydrogen-bond acceptors (Lipinski definition) is 3. The van der Waals surface area contributed by atoms with Gasteiger partial charge in [0, 0.05) is 23.0 Å². The van der Waals surface area contributed by atoms with E-state index in [1.807, 2.05) is 36.4 Å². The van der Waals surface area contributed by atoms with E-state index in [2.05, 4.69) is 10.3 Å². The molecule has 21 heavy (non-hydrogen) atoms. The van der Waals surface area contributed by atoms with Crippen molar-refractivity contribution in [3.8, 4) is 0 Å². The molecule has 0 radical (unpaired) electrons. The summed E-state index contributed by atoms with van der Waals surface area (Å²) in [5.74, 6) is -0.128. The van der Waals surface area contributed by atoms with Crippen LogP contribution < -0.4 is 5.32 Å². The van der Waals surface area contributed by atoms with E-state index in [1.165, 1.54) is 0 Å². The number of fused-ring (bicyclic) bond motifs is 3. The summed E-state index contributed by atoms with van der Waals surface area (Å²) in [6.45, 7) is 0. The fourth-order valence-electron chi connectivity index (χ4n) is 3.07. The summed E-state index contributed by atoms with van der Waals surface area (Å²) in [6, 6.07) is 10.7. The highest BCUT2D eigenvalue weighted by Gasteiger charge is 2.34. The summed E-state index contributed by atoms with van der Waals surface area (Å²) in [7, 11) is 0. The first-order chi connectivity index (χ1) is 10.2. The van der Waals surface area contributed by atoms with Crippen LogP contribution in [0.4, 0.5) is 0 Å². The highest BCUT2D eigenvalue weighted by atomic mass is 16.4. The monoisotopic (exact) mass is 282 g/mol. The Morgan fingerprint density at radius 3 is 2.86 bits per heavy atom. The normalized spacial score (nSPS) is 21.3. The molecule has 0 fully saturated rings. The first-order valence-electron chi connectivity index (χ1n) is 6.86. The van der Waals surface area contributed by atoms with Crippen molar-refractivity contribution in [3.63, 3.8) is 0 Å². The van der Waals surface area contributed by atoms with Gasteiger partial charge in [0.2, 0.25) is 0 Å². The van der Waals surface area contributed by atoms with Crippen LogP contribution in [0.5, 0.6) is 0 Å². The Morgan fingerprint density at radius 2 is 2.10 bits per heavy atom. The molecule has 1 aliphatic rings. The number of benzene rings is 1. The summed E-state index contributed by atoms with van der Waals surface area (Å²) in [6.07, 6.45) is 2.07. The van der Waals surface area contributed by atoms with Gasteiger partial charge in [-0.05, 0) is 23.8 Å². The molecule has 0 saturated carbocycles. The molecule has 2 atom stereocenters. The molecule has 0 aliphatic carbocycles. The lowest BCUT2D eigenvalue weighted by atomic mass is 9.93. The Balaban J connectivity index is 1.92. The van der Waals surface area contributed by atoms with Crippen LogP contribution in [-0.4, -0.2) is 22.1 Å². The molecule has 3 heterocycles. The maximum Gasteiger partial charge on any atom is 0.321 e. The zero-order valence-electron chi connectivity index (χ0n) is 11.2. The van der Waals surface area contributed by atoms with Crippen molar-refractivity contribution in [1.29, 1.82) is 0 Å². The molecule has 3 aromatic rings. The lowest BCUT2D eigenvalue weighted by Crippen LogP contribution is -2.44. The smallest absolute Gasteiger partial charge is 0.321 e. The average molecular weight is 282 g/mol. The fraction of sp³-hybridized carbons (Fsp3) is 0.188. The van der Waals surface area contributed by atoms with Gasteiger partial charge < -0.3 is 14.5 Å². The average Bonchev–Trinajstić information content (AvgIpc) is 3.13. The largest absolute Gasteiger partial charge is 0.480 e. The molecule has 0 spiro atoms. The minimum absolute atomic E-state index is 0.266. The second-order valence-electron chi connectivity index (χ2n) is 5.27. The first-order valence-corrected chi connectivity index (χ1v) is 6.86. The number of nitrogens with one attached hydrogen (secondary N) is 2. The Bertz CT molecular complexity index is 804. The molecule has 0 amide bonds. The van der Waals surface area contributed by atoms with Crippen LogP contribution in [0.2, 0.25) is 0 Å². The number of rotatable bonds is 2. The maximum absolute atomic E-state index is 11.4. The van der Waals surface area contributed by atoms with Crippen LogP contribution in [0.25, 0.3) is 10.9 Å². The molecule has 0 unspecified atom stereocenters. The van der Waals surface area contributed by atoms with E-state index in [-0.39, 0.29) is 6.04 Å². The maximum atomic E-state index is 11.4. The van der Waals surface area contributed by atoms with Crippen LogP contribution >= 0.6 is 0 Å². The van der Waals surface area contributed by atoms with Crippen molar-refractivity contribution in [2.24, 2.45) is 0 Å². The number of aromatic nitrogens is 1. The Morgan fingerprint density at radius 1 is 1.24 bits per heavy atom. The zero-order chi connectivity index (χ0) is 14.4. The predicted molar refractivity (Wildman–Crippen MR) is 77.1 cm³/mol. The van der Waals surface area contributed by atoms with Crippen LogP contribution in [0, 0.1) is 0 Å². The van der Waals surface area contributed by atoms with E-state index < -0.39 is 12.0 Å². The van der Waals surface area contributed by atoms with Crippen molar-refractivity contribution >= 4 is 16.9 Å². The van der Waals surface area contributed by atoms with E-state index in [0.29, 0.717) is 12.2 Å².